The summed E-state index contributed by atoms with van der Waals surface area (Å²) in [4.78, 5) is 24.9. The first-order chi connectivity index (χ1) is 11.5. The highest BCUT2D eigenvalue weighted by molar-refractivity contribution is 8.00. The minimum Gasteiger partial charge on any atom is -0.496 e. The van der Waals surface area contributed by atoms with E-state index in [1.165, 1.54) is 24.9 Å². The van der Waals surface area contributed by atoms with Gasteiger partial charge in [-0.15, -0.1) is 11.8 Å². The van der Waals surface area contributed by atoms with Crippen LogP contribution in [0.5, 0.6) is 5.75 Å². The maximum atomic E-state index is 12.1. The number of hydrogen-bond donors (Lipinski definition) is 2. The summed E-state index contributed by atoms with van der Waals surface area (Å²) in [7, 11) is 1.46. The van der Waals surface area contributed by atoms with Gasteiger partial charge in [0.2, 0.25) is 5.91 Å². The van der Waals surface area contributed by atoms with Crippen LogP contribution in [-0.2, 0) is 4.79 Å². The number of nitrogens with one attached hydrogen (secondary N) is 2. The average molecular weight is 365 g/mol. The van der Waals surface area contributed by atoms with Crippen molar-refractivity contribution in [1.29, 1.82) is 0 Å². The van der Waals surface area contributed by atoms with E-state index in [4.69, 9.17) is 16.3 Å². The van der Waals surface area contributed by atoms with Crippen LogP contribution in [-0.4, -0.2) is 24.7 Å². The quantitative estimate of drug-likeness (QED) is 0.631. The number of halogens is 1. The summed E-state index contributed by atoms with van der Waals surface area (Å²) < 4.78 is 5.11. The number of methoxy groups -OCH3 is 1. The molecule has 0 fully saturated rings. The second-order valence-corrected chi connectivity index (χ2v) is 6.43. The van der Waals surface area contributed by atoms with E-state index in [1.807, 2.05) is 31.2 Å². The maximum Gasteiger partial charge on any atom is 0.273 e. The van der Waals surface area contributed by atoms with Crippen LogP contribution in [0.3, 0.4) is 0 Å². The van der Waals surface area contributed by atoms with Crippen molar-refractivity contribution in [2.24, 2.45) is 0 Å². The Kier molecular flexibility index (Phi) is 6.52. The van der Waals surface area contributed by atoms with Crippen LogP contribution in [0.15, 0.2) is 47.4 Å². The zero-order valence-corrected chi connectivity index (χ0v) is 14.8. The molecule has 7 heteroatoms. The van der Waals surface area contributed by atoms with E-state index in [2.05, 4.69) is 10.9 Å². The monoisotopic (exact) mass is 364 g/mol. The number of ether oxygens (including phenoxy) is 1. The van der Waals surface area contributed by atoms with Gasteiger partial charge in [-0.2, -0.15) is 0 Å². The van der Waals surface area contributed by atoms with Crippen LogP contribution in [0.2, 0.25) is 5.02 Å². The molecule has 0 aliphatic rings. The van der Waals surface area contributed by atoms with E-state index >= 15 is 0 Å². The minimum absolute atomic E-state index is 0.190. The summed E-state index contributed by atoms with van der Waals surface area (Å²) in [5.41, 5.74) is 6.14. The van der Waals surface area contributed by atoms with Crippen molar-refractivity contribution >= 4 is 35.2 Å². The molecule has 5 nitrogen and oxygen atoms in total. The van der Waals surface area contributed by atoms with Crippen LogP contribution in [0.25, 0.3) is 0 Å². The molecule has 0 atom stereocenters. The number of aryl methyl sites for hydroxylation is 1. The number of hydrazine groups is 1. The summed E-state index contributed by atoms with van der Waals surface area (Å²) in [5.74, 6) is -0.242. The van der Waals surface area contributed by atoms with Crippen LogP contribution in [0, 0.1) is 6.92 Å². The zero-order valence-electron chi connectivity index (χ0n) is 13.3. The molecule has 24 heavy (non-hydrogen) atoms. The van der Waals surface area contributed by atoms with Crippen molar-refractivity contribution in [2.75, 3.05) is 12.9 Å². The number of amides is 2. The Morgan fingerprint density at radius 1 is 1.12 bits per heavy atom. The zero-order chi connectivity index (χ0) is 17.5. The smallest absolute Gasteiger partial charge is 0.273 e. The standard InChI is InChI=1S/C17H17ClN2O3S/c1-11-3-6-13(7-4-11)24-10-16(21)19-20-17(22)14-9-12(18)5-8-15(14)23-2/h3-9H,10H2,1-2H3,(H,19,21)(H,20,22). The number of rotatable bonds is 5. The summed E-state index contributed by atoms with van der Waals surface area (Å²) >= 11 is 7.27. The van der Waals surface area contributed by atoms with Crippen molar-refractivity contribution in [3.63, 3.8) is 0 Å². The van der Waals surface area contributed by atoms with Gasteiger partial charge in [-0.25, -0.2) is 0 Å². The minimum atomic E-state index is -0.497. The number of carbonyl (C=O) groups is 2. The fourth-order valence-electron chi connectivity index (χ4n) is 1.87. The van der Waals surface area contributed by atoms with Crippen LogP contribution in [0.1, 0.15) is 15.9 Å². The third kappa shape index (κ3) is 5.18. The summed E-state index contributed by atoms with van der Waals surface area (Å²) in [6, 6.07) is 12.5. The van der Waals surface area contributed by atoms with Gasteiger partial charge in [-0.1, -0.05) is 29.3 Å². The van der Waals surface area contributed by atoms with Gasteiger partial charge in [0.05, 0.1) is 18.4 Å². The molecule has 0 heterocycles. The molecule has 2 rings (SSSR count). The molecule has 2 N–H and O–H groups in total. The third-order valence-corrected chi connectivity index (χ3v) is 4.36. The fourth-order valence-corrected chi connectivity index (χ4v) is 2.74. The van der Waals surface area contributed by atoms with Crippen molar-refractivity contribution in [3.8, 4) is 5.75 Å². The van der Waals surface area contributed by atoms with E-state index in [0.717, 1.165) is 10.5 Å². The molecule has 126 valence electrons. The summed E-state index contributed by atoms with van der Waals surface area (Å²) in [6.07, 6.45) is 0. The summed E-state index contributed by atoms with van der Waals surface area (Å²) in [6.45, 7) is 2.00. The second-order valence-electron chi connectivity index (χ2n) is 4.95. The largest absolute Gasteiger partial charge is 0.496 e. The molecule has 0 saturated carbocycles. The maximum absolute atomic E-state index is 12.1. The lowest BCUT2D eigenvalue weighted by Crippen LogP contribution is -2.42. The van der Waals surface area contributed by atoms with E-state index in [0.29, 0.717) is 10.8 Å². The number of thioether (sulfide) groups is 1. The van der Waals surface area contributed by atoms with Gasteiger partial charge in [0, 0.05) is 9.92 Å². The average Bonchev–Trinajstić information content (AvgIpc) is 2.59. The molecule has 0 aliphatic heterocycles. The van der Waals surface area contributed by atoms with Gasteiger partial charge >= 0.3 is 0 Å². The lowest BCUT2D eigenvalue weighted by Gasteiger charge is -2.10. The van der Waals surface area contributed by atoms with Crippen LogP contribution < -0.4 is 15.6 Å². The molecule has 0 aliphatic carbocycles. The van der Waals surface area contributed by atoms with Crippen LogP contribution in [0.4, 0.5) is 0 Å². The Hall–Kier alpha value is -2.18. The first kappa shape index (κ1) is 18.2. The molecule has 0 bridgehead atoms. The Labute approximate surface area is 149 Å². The molecule has 2 aromatic rings. The number of carbonyl (C=O) groups excluding carboxylic acids is 2. The highest BCUT2D eigenvalue weighted by Gasteiger charge is 2.13. The summed E-state index contributed by atoms with van der Waals surface area (Å²) in [5, 5.41) is 0.405. The third-order valence-electron chi connectivity index (χ3n) is 3.11. The highest BCUT2D eigenvalue weighted by atomic mass is 35.5. The van der Waals surface area contributed by atoms with Gasteiger partial charge in [0.15, 0.2) is 0 Å². The predicted molar refractivity (Wildman–Crippen MR) is 95.5 cm³/mol. The Bertz CT molecular complexity index is 735. The first-order valence-electron chi connectivity index (χ1n) is 7.12. The lowest BCUT2D eigenvalue weighted by atomic mass is 10.2. The molecule has 2 aromatic carbocycles. The number of benzene rings is 2. The van der Waals surface area contributed by atoms with Gasteiger partial charge in [-0.05, 0) is 37.3 Å². The van der Waals surface area contributed by atoms with E-state index in [1.54, 1.807) is 12.1 Å². The van der Waals surface area contributed by atoms with Gasteiger partial charge in [0.1, 0.15) is 5.75 Å². The lowest BCUT2D eigenvalue weighted by molar-refractivity contribution is -0.119. The van der Waals surface area contributed by atoms with Gasteiger partial charge in [-0.3, -0.25) is 20.4 Å². The second kappa shape index (κ2) is 8.61. The molecule has 2 amide bonds. The van der Waals surface area contributed by atoms with Crippen molar-refractivity contribution in [3.05, 3.63) is 58.6 Å². The molecular weight excluding hydrogens is 348 g/mol. The molecule has 0 aromatic heterocycles. The Balaban J connectivity index is 1.86. The van der Waals surface area contributed by atoms with Crippen molar-refractivity contribution < 1.29 is 14.3 Å². The molecule has 0 unspecified atom stereocenters. The van der Waals surface area contributed by atoms with E-state index < -0.39 is 5.91 Å². The molecule has 0 spiro atoms. The first-order valence-corrected chi connectivity index (χ1v) is 8.48. The predicted octanol–water partition coefficient (Wildman–Crippen LogP) is 3.21. The highest BCUT2D eigenvalue weighted by Crippen LogP contribution is 2.22. The van der Waals surface area contributed by atoms with E-state index in [-0.39, 0.29) is 17.2 Å². The van der Waals surface area contributed by atoms with Crippen molar-refractivity contribution in [2.45, 2.75) is 11.8 Å². The number of hydrogen-bond acceptors (Lipinski definition) is 4. The molecule has 0 radical (unpaired) electrons. The normalized spacial score (nSPS) is 10.1. The fraction of sp³-hybridized carbons (Fsp3) is 0.176. The van der Waals surface area contributed by atoms with Gasteiger partial charge in [0.25, 0.3) is 5.91 Å². The molecular formula is C17H17ClN2O3S. The topological polar surface area (TPSA) is 67.4 Å². The van der Waals surface area contributed by atoms with Gasteiger partial charge < -0.3 is 4.74 Å². The SMILES string of the molecule is COc1ccc(Cl)cc1C(=O)NNC(=O)CSc1ccc(C)cc1. The van der Waals surface area contributed by atoms with E-state index in [9.17, 15) is 9.59 Å². The Morgan fingerprint density at radius 3 is 2.50 bits per heavy atom. The van der Waals surface area contributed by atoms with Crippen LogP contribution >= 0.6 is 23.4 Å². The molecule has 0 saturated heterocycles. The Morgan fingerprint density at radius 2 is 1.83 bits per heavy atom. The van der Waals surface area contributed by atoms with Crippen molar-refractivity contribution in [1.82, 2.24) is 10.9 Å².